The van der Waals surface area contributed by atoms with Crippen molar-refractivity contribution >= 4 is 0 Å². The average molecular weight is 252 g/mol. The summed E-state index contributed by atoms with van der Waals surface area (Å²) in [5.74, 6) is 0. The first-order valence-electron chi connectivity index (χ1n) is 6.03. The molecule has 6 nitrogen and oxygen atoms in total. The van der Waals surface area contributed by atoms with Gasteiger partial charge in [0, 0.05) is 0 Å². The molecule has 0 aromatic carbocycles. The molecule has 2 aliphatic heterocycles. The number of fused-ring (bicyclic) bond motifs is 1. The van der Waals surface area contributed by atoms with E-state index in [1.54, 1.807) is 0 Å². The number of ether oxygens (including phenoxy) is 4. The maximum atomic E-state index is 8.45. The predicted molar refractivity (Wildman–Crippen MR) is 60.7 cm³/mol. The van der Waals surface area contributed by atoms with Crippen molar-refractivity contribution in [3.8, 4) is 6.07 Å². The van der Waals surface area contributed by atoms with Crippen LogP contribution in [0.25, 0.3) is 4.85 Å². The Kier molecular flexibility index (Phi) is 4.91. The number of rotatable bonds is 6. The van der Waals surface area contributed by atoms with Crippen molar-refractivity contribution in [1.29, 1.82) is 5.26 Å². The molecule has 0 unspecified atom stereocenters. The molecular formula is C12H16N2O4. The highest BCUT2D eigenvalue weighted by Gasteiger charge is 2.48. The topological polar surface area (TPSA) is 65.1 Å². The Morgan fingerprint density at radius 2 is 1.78 bits per heavy atom. The van der Waals surface area contributed by atoms with Gasteiger partial charge in [0.05, 0.1) is 32.3 Å². The third kappa shape index (κ3) is 2.98. The summed E-state index contributed by atoms with van der Waals surface area (Å²) >= 11 is 0. The largest absolute Gasteiger partial charge is 0.372 e. The van der Waals surface area contributed by atoms with E-state index in [0.29, 0.717) is 39.4 Å². The first-order valence-corrected chi connectivity index (χ1v) is 6.03. The molecule has 0 saturated carbocycles. The van der Waals surface area contributed by atoms with Crippen LogP contribution in [-0.4, -0.2) is 57.4 Å². The van der Waals surface area contributed by atoms with Crippen molar-refractivity contribution < 1.29 is 18.9 Å². The Labute approximate surface area is 106 Å². The van der Waals surface area contributed by atoms with Gasteiger partial charge in [-0.05, 0) is 0 Å². The predicted octanol–water partition coefficient (Wildman–Crippen LogP) is 0.387. The molecule has 0 amide bonds. The summed E-state index contributed by atoms with van der Waals surface area (Å²) in [6.45, 7) is 8.81. The van der Waals surface area contributed by atoms with Gasteiger partial charge in [0.2, 0.25) is 6.54 Å². The van der Waals surface area contributed by atoms with Gasteiger partial charge < -0.3 is 23.8 Å². The second kappa shape index (κ2) is 6.67. The lowest BCUT2D eigenvalue weighted by atomic mass is 10.1. The van der Waals surface area contributed by atoms with Gasteiger partial charge in [-0.25, -0.2) is 6.57 Å². The molecule has 98 valence electrons. The molecule has 18 heavy (non-hydrogen) atoms. The summed E-state index contributed by atoms with van der Waals surface area (Å²) in [5, 5.41) is 8.45. The highest BCUT2D eigenvalue weighted by atomic mass is 16.6. The van der Waals surface area contributed by atoms with Crippen molar-refractivity contribution in [2.75, 3.05) is 33.0 Å². The van der Waals surface area contributed by atoms with E-state index < -0.39 is 0 Å². The average Bonchev–Trinajstić information content (AvgIpc) is 2.94. The van der Waals surface area contributed by atoms with Crippen LogP contribution < -0.4 is 0 Å². The number of nitrogens with zero attached hydrogens (tertiary/aromatic N) is 2. The maximum Gasteiger partial charge on any atom is 0.237 e. The molecular weight excluding hydrogens is 236 g/mol. The second-order valence-corrected chi connectivity index (χ2v) is 4.20. The lowest BCUT2D eigenvalue weighted by Crippen LogP contribution is -2.34. The first kappa shape index (κ1) is 13.3. The monoisotopic (exact) mass is 252 g/mol. The molecule has 0 spiro atoms. The molecule has 0 aliphatic carbocycles. The number of hydrogen-bond acceptors (Lipinski definition) is 5. The van der Waals surface area contributed by atoms with E-state index >= 15 is 0 Å². The van der Waals surface area contributed by atoms with E-state index in [-0.39, 0.29) is 24.4 Å². The Morgan fingerprint density at radius 1 is 1.17 bits per heavy atom. The lowest BCUT2D eigenvalue weighted by Gasteiger charge is -2.16. The highest BCUT2D eigenvalue weighted by molar-refractivity contribution is 4.96. The maximum absolute atomic E-state index is 8.45. The molecule has 2 heterocycles. The standard InChI is InChI=1S/C12H16N2O4/c1-14-4-6-16-10-8-18-11-9(7-17-12(10)11)15-5-2-3-13/h9-12H,2,4-8H2/t9-,10+,11+,12+/m0/s1. The molecule has 2 rings (SSSR count). The Balaban J connectivity index is 1.76. The van der Waals surface area contributed by atoms with Gasteiger partial charge in [0.15, 0.2) is 0 Å². The summed E-state index contributed by atoms with van der Waals surface area (Å²) in [6.07, 6.45) is -0.0673. The van der Waals surface area contributed by atoms with Gasteiger partial charge in [-0.3, -0.25) is 0 Å². The van der Waals surface area contributed by atoms with E-state index in [2.05, 4.69) is 4.85 Å². The van der Waals surface area contributed by atoms with E-state index in [1.165, 1.54) is 0 Å². The molecule has 6 heteroatoms. The third-order valence-electron chi connectivity index (χ3n) is 3.04. The minimum absolute atomic E-state index is 0.109. The molecule has 4 atom stereocenters. The normalized spacial score (nSPS) is 33.9. The van der Waals surface area contributed by atoms with Crippen LogP contribution >= 0.6 is 0 Å². The molecule has 2 saturated heterocycles. The molecule has 0 N–H and O–H groups in total. The van der Waals surface area contributed by atoms with Crippen molar-refractivity contribution in [2.45, 2.75) is 30.8 Å². The van der Waals surface area contributed by atoms with Crippen LogP contribution in [0.5, 0.6) is 0 Å². The van der Waals surface area contributed by atoms with Gasteiger partial charge in [-0.1, -0.05) is 0 Å². The van der Waals surface area contributed by atoms with Crippen molar-refractivity contribution in [3.05, 3.63) is 11.4 Å². The first-order chi connectivity index (χ1) is 8.86. The van der Waals surface area contributed by atoms with E-state index in [0.717, 1.165) is 0 Å². The highest BCUT2D eigenvalue weighted by Crippen LogP contribution is 2.30. The summed E-state index contributed by atoms with van der Waals surface area (Å²) in [5.41, 5.74) is 0. The third-order valence-corrected chi connectivity index (χ3v) is 3.04. The van der Waals surface area contributed by atoms with Gasteiger partial charge >= 0.3 is 0 Å². The van der Waals surface area contributed by atoms with Crippen LogP contribution in [0.15, 0.2) is 0 Å². The van der Waals surface area contributed by atoms with Gasteiger partial charge in [0.25, 0.3) is 0 Å². The molecule has 0 aromatic rings. The van der Waals surface area contributed by atoms with Gasteiger partial charge in [0.1, 0.15) is 31.0 Å². The van der Waals surface area contributed by atoms with E-state index in [4.69, 9.17) is 30.8 Å². The molecule has 0 bridgehead atoms. The number of hydrogen-bond donors (Lipinski definition) is 0. The van der Waals surface area contributed by atoms with Gasteiger partial charge in [-0.2, -0.15) is 5.26 Å². The van der Waals surface area contributed by atoms with Gasteiger partial charge in [-0.15, -0.1) is 0 Å². The minimum atomic E-state index is -0.113. The molecule has 2 aliphatic rings. The van der Waals surface area contributed by atoms with Crippen LogP contribution in [0.4, 0.5) is 0 Å². The Morgan fingerprint density at radius 3 is 2.33 bits per heavy atom. The summed E-state index contributed by atoms with van der Waals surface area (Å²) in [6, 6.07) is 2.03. The van der Waals surface area contributed by atoms with Crippen LogP contribution in [-0.2, 0) is 18.9 Å². The SMILES string of the molecule is [C-]#[N+]CCO[C@@H]1CO[C@H]2[C@@H]1OC[C@@H]2OCCC#N. The summed E-state index contributed by atoms with van der Waals surface area (Å²) in [4.78, 5) is 3.24. The fraction of sp³-hybridized carbons (Fsp3) is 0.833. The zero-order valence-electron chi connectivity index (χ0n) is 10.1. The Hall–Kier alpha value is -1.18. The number of nitriles is 1. The van der Waals surface area contributed by atoms with Crippen LogP contribution in [0.2, 0.25) is 0 Å². The zero-order chi connectivity index (χ0) is 12.8. The fourth-order valence-corrected chi connectivity index (χ4v) is 2.22. The molecule has 0 radical (unpaired) electrons. The van der Waals surface area contributed by atoms with Crippen LogP contribution in [0, 0.1) is 17.9 Å². The quantitative estimate of drug-likeness (QED) is 0.505. The zero-order valence-corrected chi connectivity index (χ0v) is 10.1. The smallest absolute Gasteiger partial charge is 0.237 e. The van der Waals surface area contributed by atoms with Crippen LogP contribution in [0.1, 0.15) is 6.42 Å². The minimum Gasteiger partial charge on any atom is -0.372 e. The Bertz CT molecular complexity index is 315. The summed E-state index contributed by atoms with van der Waals surface area (Å²) < 4.78 is 22.4. The summed E-state index contributed by atoms with van der Waals surface area (Å²) in [7, 11) is 0. The van der Waals surface area contributed by atoms with Crippen molar-refractivity contribution in [2.24, 2.45) is 0 Å². The fourth-order valence-electron chi connectivity index (χ4n) is 2.22. The van der Waals surface area contributed by atoms with Crippen molar-refractivity contribution in [1.82, 2.24) is 0 Å². The van der Waals surface area contributed by atoms with Crippen molar-refractivity contribution in [3.63, 3.8) is 0 Å². The second-order valence-electron chi connectivity index (χ2n) is 4.20. The van der Waals surface area contributed by atoms with E-state index in [9.17, 15) is 0 Å². The molecule has 2 fully saturated rings. The molecule has 0 aromatic heterocycles. The van der Waals surface area contributed by atoms with E-state index in [1.807, 2.05) is 6.07 Å². The van der Waals surface area contributed by atoms with Crippen LogP contribution in [0.3, 0.4) is 0 Å². The lowest BCUT2D eigenvalue weighted by molar-refractivity contribution is -0.0473.